The van der Waals surface area contributed by atoms with Crippen LogP contribution in [0.1, 0.15) is 26.3 Å². The van der Waals surface area contributed by atoms with E-state index in [-0.39, 0.29) is 17.5 Å². The smallest absolute Gasteiger partial charge is 0.275 e. The first-order valence-corrected chi connectivity index (χ1v) is 7.57. The van der Waals surface area contributed by atoms with Crippen LogP contribution in [0, 0.1) is 0 Å². The Bertz CT molecular complexity index is 814. The van der Waals surface area contributed by atoms with E-state index in [2.05, 4.69) is 4.99 Å². The van der Waals surface area contributed by atoms with Gasteiger partial charge in [0.1, 0.15) is 0 Å². The van der Waals surface area contributed by atoms with E-state index in [9.17, 15) is 9.59 Å². The van der Waals surface area contributed by atoms with Crippen LogP contribution in [0.15, 0.2) is 59.6 Å². The molecular formula is C18H15N3O2. The zero-order valence-electron chi connectivity index (χ0n) is 12.5. The molecule has 5 heteroatoms. The van der Waals surface area contributed by atoms with Crippen LogP contribution in [0.2, 0.25) is 0 Å². The molecule has 0 spiro atoms. The predicted molar refractivity (Wildman–Crippen MR) is 86.1 cm³/mol. The van der Waals surface area contributed by atoms with E-state index in [0.29, 0.717) is 30.8 Å². The second-order valence-electron chi connectivity index (χ2n) is 5.57. The van der Waals surface area contributed by atoms with Gasteiger partial charge in [0.25, 0.3) is 5.91 Å². The molecule has 0 saturated carbocycles. The fourth-order valence-electron chi connectivity index (χ4n) is 3.01. The molecule has 0 atom stereocenters. The van der Waals surface area contributed by atoms with E-state index in [0.717, 1.165) is 5.56 Å². The fourth-order valence-corrected chi connectivity index (χ4v) is 3.01. The van der Waals surface area contributed by atoms with E-state index in [1.54, 1.807) is 24.3 Å². The number of amides is 1. The average molecular weight is 305 g/mol. The molecule has 23 heavy (non-hydrogen) atoms. The lowest BCUT2D eigenvalue weighted by molar-refractivity contribution is 0.0204. The number of aliphatic imine (C=N–C) groups is 1. The van der Waals surface area contributed by atoms with Crippen LogP contribution in [-0.2, 0) is 6.54 Å². The highest BCUT2D eigenvalue weighted by atomic mass is 16.2. The Morgan fingerprint density at radius 1 is 0.913 bits per heavy atom. The van der Waals surface area contributed by atoms with Crippen molar-refractivity contribution in [3.63, 3.8) is 0 Å². The summed E-state index contributed by atoms with van der Waals surface area (Å²) in [6, 6.07) is 16.8. The van der Waals surface area contributed by atoms with E-state index in [1.807, 2.05) is 35.3 Å². The Kier molecular flexibility index (Phi) is 3.28. The lowest BCUT2D eigenvalue weighted by Gasteiger charge is -2.40. The number of ketones is 1. The average Bonchev–Trinajstić information content (AvgIpc) is 2.60. The predicted octanol–water partition coefficient (Wildman–Crippen LogP) is 2.15. The Hall–Kier alpha value is -2.79. The summed E-state index contributed by atoms with van der Waals surface area (Å²) in [5, 5.41) is 3.34. The van der Waals surface area contributed by atoms with Gasteiger partial charge in [-0.05, 0) is 11.6 Å². The molecule has 2 aliphatic heterocycles. The molecule has 2 heterocycles. The van der Waals surface area contributed by atoms with Gasteiger partial charge < -0.3 is 0 Å². The van der Waals surface area contributed by atoms with Crippen LogP contribution in [0.25, 0.3) is 0 Å². The van der Waals surface area contributed by atoms with Crippen molar-refractivity contribution in [3.05, 3.63) is 71.3 Å². The maximum absolute atomic E-state index is 12.8. The van der Waals surface area contributed by atoms with Crippen LogP contribution in [0.4, 0.5) is 0 Å². The van der Waals surface area contributed by atoms with Gasteiger partial charge in [0.15, 0.2) is 5.84 Å². The second-order valence-corrected chi connectivity index (χ2v) is 5.57. The van der Waals surface area contributed by atoms with Gasteiger partial charge in [-0.3, -0.25) is 14.6 Å². The van der Waals surface area contributed by atoms with E-state index < -0.39 is 0 Å². The highest BCUT2D eigenvalue weighted by molar-refractivity contribution is 6.51. The van der Waals surface area contributed by atoms with Crippen molar-refractivity contribution in [2.75, 3.05) is 13.1 Å². The molecular weight excluding hydrogens is 290 g/mol. The van der Waals surface area contributed by atoms with Crippen LogP contribution in [-0.4, -0.2) is 40.6 Å². The number of hydrazine groups is 1. The Morgan fingerprint density at radius 2 is 1.61 bits per heavy atom. The molecule has 0 bridgehead atoms. The summed E-state index contributed by atoms with van der Waals surface area (Å²) < 4.78 is 0. The van der Waals surface area contributed by atoms with Crippen molar-refractivity contribution in [3.8, 4) is 0 Å². The van der Waals surface area contributed by atoms with Crippen LogP contribution in [0.5, 0.6) is 0 Å². The molecule has 2 aliphatic rings. The highest BCUT2D eigenvalue weighted by Gasteiger charge is 2.40. The fraction of sp³-hybridized carbons (Fsp3) is 0.167. The van der Waals surface area contributed by atoms with Crippen molar-refractivity contribution in [2.45, 2.75) is 6.54 Å². The van der Waals surface area contributed by atoms with Crippen LogP contribution >= 0.6 is 0 Å². The van der Waals surface area contributed by atoms with E-state index in [1.165, 1.54) is 5.01 Å². The molecule has 0 aliphatic carbocycles. The highest BCUT2D eigenvalue weighted by Crippen LogP contribution is 2.24. The summed E-state index contributed by atoms with van der Waals surface area (Å²) in [6.45, 7) is 1.69. The Labute approximate surface area is 133 Å². The number of rotatable bonds is 2. The zero-order chi connectivity index (χ0) is 15.8. The summed E-state index contributed by atoms with van der Waals surface area (Å²) in [6.07, 6.45) is 0. The van der Waals surface area contributed by atoms with Gasteiger partial charge in [-0.2, -0.15) is 0 Å². The van der Waals surface area contributed by atoms with E-state index >= 15 is 0 Å². The molecule has 2 aromatic carbocycles. The standard InChI is InChI=1S/C18H15N3O2/c22-16-14-8-4-5-9-15(14)18(23)21-17(16)19-10-11-20(21)12-13-6-2-1-3-7-13/h1-9H,10-12H2. The number of hydrogen-bond acceptors (Lipinski definition) is 4. The first-order valence-electron chi connectivity index (χ1n) is 7.57. The third-order valence-electron chi connectivity index (χ3n) is 4.11. The summed E-state index contributed by atoms with van der Waals surface area (Å²) in [5.74, 6) is -0.136. The summed E-state index contributed by atoms with van der Waals surface area (Å²) in [7, 11) is 0. The maximum atomic E-state index is 12.8. The minimum absolute atomic E-state index is 0.182. The monoisotopic (exact) mass is 305 g/mol. The molecule has 0 N–H and O–H groups in total. The largest absolute Gasteiger partial charge is 0.285 e. The van der Waals surface area contributed by atoms with Gasteiger partial charge in [-0.15, -0.1) is 0 Å². The van der Waals surface area contributed by atoms with Crippen LogP contribution < -0.4 is 0 Å². The third kappa shape index (κ3) is 2.26. The Morgan fingerprint density at radius 3 is 2.39 bits per heavy atom. The van der Waals surface area contributed by atoms with Gasteiger partial charge in [0.2, 0.25) is 5.78 Å². The Balaban J connectivity index is 1.73. The number of amidine groups is 1. The minimum atomic E-state index is -0.186. The number of benzene rings is 2. The van der Waals surface area contributed by atoms with E-state index in [4.69, 9.17) is 0 Å². The topological polar surface area (TPSA) is 53.0 Å². The van der Waals surface area contributed by atoms with Gasteiger partial charge in [0.05, 0.1) is 12.1 Å². The first-order chi connectivity index (χ1) is 11.3. The van der Waals surface area contributed by atoms with Gasteiger partial charge in [0, 0.05) is 18.7 Å². The lowest BCUT2D eigenvalue weighted by Crippen LogP contribution is -2.58. The van der Waals surface area contributed by atoms with Crippen molar-refractivity contribution in [1.29, 1.82) is 0 Å². The maximum Gasteiger partial charge on any atom is 0.275 e. The van der Waals surface area contributed by atoms with Crippen molar-refractivity contribution in [2.24, 2.45) is 4.99 Å². The molecule has 0 saturated heterocycles. The molecule has 1 amide bonds. The van der Waals surface area contributed by atoms with Gasteiger partial charge >= 0.3 is 0 Å². The van der Waals surface area contributed by atoms with Crippen LogP contribution in [0.3, 0.4) is 0 Å². The normalized spacial score (nSPS) is 17.6. The summed E-state index contributed by atoms with van der Waals surface area (Å²) in [4.78, 5) is 29.8. The summed E-state index contributed by atoms with van der Waals surface area (Å²) in [5.41, 5.74) is 1.97. The number of carbonyl (C=O) groups is 2. The third-order valence-corrected chi connectivity index (χ3v) is 4.11. The molecule has 4 rings (SSSR count). The molecule has 114 valence electrons. The molecule has 5 nitrogen and oxygen atoms in total. The van der Waals surface area contributed by atoms with Crippen molar-refractivity contribution >= 4 is 17.5 Å². The SMILES string of the molecule is O=C1C2=NCCN(Cc3ccccc3)N2C(=O)c2ccccc21. The molecule has 0 radical (unpaired) electrons. The minimum Gasteiger partial charge on any atom is -0.285 e. The number of Topliss-reactive ketones (excluding diaryl/α,β-unsaturated/α-hetero) is 1. The van der Waals surface area contributed by atoms with Gasteiger partial charge in [-0.25, -0.2) is 10.0 Å². The molecule has 2 aromatic rings. The molecule has 0 aromatic heterocycles. The van der Waals surface area contributed by atoms with Crippen molar-refractivity contribution < 1.29 is 9.59 Å². The summed E-state index contributed by atoms with van der Waals surface area (Å²) >= 11 is 0. The van der Waals surface area contributed by atoms with Crippen molar-refractivity contribution in [1.82, 2.24) is 10.0 Å². The molecule has 0 fully saturated rings. The number of hydrogen-bond donors (Lipinski definition) is 0. The number of nitrogens with zero attached hydrogens (tertiary/aromatic N) is 3. The quantitative estimate of drug-likeness (QED) is 0.854. The number of fused-ring (bicyclic) bond motifs is 2. The number of carbonyl (C=O) groups excluding carboxylic acids is 2. The molecule has 0 unspecified atom stereocenters. The lowest BCUT2D eigenvalue weighted by atomic mass is 9.97. The zero-order valence-corrected chi connectivity index (χ0v) is 12.5. The second kappa shape index (κ2) is 5.44. The first kappa shape index (κ1) is 13.8. The van der Waals surface area contributed by atoms with Gasteiger partial charge in [-0.1, -0.05) is 48.5 Å².